The summed E-state index contributed by atoms with van der Waals surface area (Å²) >= 11 is 0. The third-order valence-electron chi connectivity index (χ3n) is 2.85. The molecule has 0 spiro atoms. The molecule has 4 heteroatoms. The van der Waals surface area contributed by atoms with Gasteiger partial charge >= 0.3 is 0 Å². The lowest BCUT2D eigenvalue weighted by Gasteiger charge is -1.94. The molecule has 0 aromatic carbocycles. The highest BCUT2D eigenvalue weighted by atomic mass is 16.1. The molecule has 96 valence electrons. The van der Waals surface area contributed by atoms with E-state index < -0.39 is 0 Å². The summed E-state index contributed by atoms with van der Waals surface area (Å²) in [4.78, 5) is 26.1. The minimum atomic E-state index is 0.625. The molecule has 0 amide bonds. The van der Waals surface area contributed by atoms with Crippen LogP contribution in [0.25, 0.3) is 0 Å². The van der Waals surface area contributed by atoms with Gasteiger partial charge in [0.15, 0.2) is 12.6 Å². The maximum absolute atomic E-state index is 10.5. The number of aromatic nitrogens is 2. The molecule has 0 unspecified atom stereocenters. The van der Waals surface area contributed by atoms with Gasteiger partial charge in [0.2, 0.25) is 0 Å². The van der Waals surface area contributed by atoms with Crippen LogP contribution in [-0.4, -0.2) is 22.5 Å². The number of nitrogens with one attached hydrogen (secondary N) is 2. The lowest BCUT2D eigenvalue weighted by Crippen LogP contribution is -1.84. The number of carbonyl (C=O) groups is 2. The van der Waals surface area contributed by atoms with Gasteiger partial charge in [-0.2, -0.15) is 0 Å². The summed E-state index contributed by atoms with van der Waals surface area (Å²) < 4.78 is 0. The maximum atomic E-state index is 10.5. The highest BCUT2D eigenvalue weighted by Gasteiger charge is 2.07. The topological polar surface area (TPSA) is 65.7 Å². The first-order valence-corrected chi connectivity index (χ1v) is 5.85. The first-order valence-electron chi connectivity index (χ1n) is 5.85. The molecular formula is C14H18N2O2. The van der Waals surface area contributed by atoms with Crippen molar-refractivity contribution in [3.05, 3.63) is 46.5 Å². The summed E-state index contributed by atoms with van der Waals surface area (Å²) in [6.45, 7) is 6.07. The van der Waals surface area contributed by atoms with Crippen LogP contribution in [0.2, 0.25) is 0 Å². The zero-order valence-corrected chi connectivity index (χ0v) is 10.9. The second-order valence-electron chi connectivity index (χ2n) is 3.98. The third-order valence-corrected chi connectivity index (χ3v) is 2.85. The van der Waals surface area contributed by atoms with Crippen LogP contribution in [0.15, 0.2) is 18.3 Å². The van der Waals surface area contributed by atoms with Crippen molar-refractivity contribution in [3.8, 4) is 0 Å². The van der Waals surface area contributed by atoms with Crippen LogP contribution in [0.1, 0.15) is 44.7 Å². The van der Waals surface area contributed by atoms with Crippen molar-refractivity contribution in [1.29, 1.82) is 0 Å². The van der Waals surface area contributed by atoms with Crippen LogP contribution in [0, 0.1) is 13.8 Å². The summed E-state index contributed by atoms with van der Waals surface area (Å²) in [5.74, 6) is 0. The van der Waals surface area contributed by atoms with Gasteiger partial charge in [-0.05, 0) is 43.5 Å². The fourth-order valence-electron chi connectivity index (χ4n) is 1.88. The lowest BCUT2D eigenvalue weighted by molar-refractivity contribution is 0.111. The molecular weight excluding hydrogens is 228 g/mol. The van der Waals surface area contributed by atoms with Crippen molar-refractivity contribution in [3.63, 3.8) is 0 Å². The van der Waals surface area contributed by atoms with Crippen LogP contribution in [0.4, 0.5) is 0 Å². The van der Waals surface area contributed by atoms with Gasteiger partial charge in [0.05, 0.1) is 11.4 Å². The second kappa shape index (κ2) is 6.59. The van der Waals surface area contributed by atoms with E-state index in [0.29, 0.717) is 5.69 Å². The lowest BCUT2D eigenvalue weighted by atomic mass is 10.1. The van der Waals surface area contributed by atoms with E-state index in [1.807, 2.05) is 13.8 Å². The molecule has 0 fully saturated rings. The number of H-pyrrole nitrogens is 2. The monoisotopic (exact) mass is 246 g/mol. The van der Waals surface area contributed by atoms with E-state index in [0.717, 1.165) is 35.9 Å². The second-order valence-corrected chi connectivity index (χ2v) is 3.98. The van der Waals surface area contributed by atoms with Crippen molar-refractivity contribution >= 4 is 12.6 Å². The number of rotatable bonds is 3. The van der Waals surface area contributed by atoms with Gasteiger partial charge < -0.3 is 9.97 Å². The molecule has 0 aliphatic carbocycles. The largest absolute Gasteiger partial charge is 0.359 e. The number of hydrogen-bond acceptors (Lipinski definition) is 2. The number of carbonyl (C=O) groups excluding carboxylic acids is 2. The van der Waals surface area contributed by atoms with E-state index in [-0.39, 0.29) is 0 Å². The molecule has 0 saturated heterocycles. The zero-order chi connectivity index (χ0) is 13.5. The SMILES string of the molecule is CCc1c(C)[nH]c(C=O)c1C.O=Cc1ccc[nH]1. The summed E-state index contributed by atoms with van der Waals surface area (Å²) in [6, 6.07) is 3.50. The van der Waals surface area contributed by atoms with E-state index in [4.69, 9.17) is 0 Å². The molecule has 0 aliphatic heterocycles. The Hall–Kier alpha value is -2.10. The number of aryl methyl sites for hydroxylation is 1. The first-order chi connectivity index (χ1) is 8.63. The summed E-state index contributed by atoms with van der Waals surface area (Å²) in [5, 5.41) is 0. The highest BCUT2D eigenvalue weighted by Crippen LogP contribution is 2.16. The predicted molar refractivity (Wildman–Crippen MR) is 71.2 cm³/mol. The molecule has 4 nitrogen and oxygen atoms in total. The Balaban J connectivity index is 0.000000199. The van der Waals surface area contributed by atoms with Gasteiger partial charge in [0.25, 0.3) is 0 Å². The Kier molecular flexibility index (Phi) is 5.11. The number of hydrogen-bond donors (Lipinski definition) is 2. The molecule has 0 bridgehead atoms. The normalized spacial score (nSPS) is 9.50. The molecule has 2 aromatic heterocycles. The van der Waals surface area contributed by atoms with Gasteiger partial charge in [-0.3, -0.25) is 9.59 Å². The standard InChI is InChI=1S/C9H13NO.C5H5NO/c1-4-8-6(2)9(5-11)10-7(8)3;7-4-5-2-1-3-6-5/h5,10H,4H2,1-3H3;1-4,6H. The van der Waals surface area contributed by atoms with Crippen LogP contribution < -0.4 is 0 Å². The molecule has 0 radical (unpaired) electrons. The summed E-state index contributed by atoms with van der Waals surface area (Å²) in [5.41, 5.74) is 4.83. The van der Waals surface area contributed by atoms with E-state index >= 15 is 0 Å². The van der Waals surface area contributed by atoms with Gasteiger partial charge in [-0.15, -0.1) is 0 Å². The Labute approximate surface area is 106 Å². The highest BCUT2D eigenvalue weighted by molar-refractivity contribution is 5.75. The van der Waals surface area contributed by atoms with Gasteiger partial charge in [-0.25, -0.2) is 0 Å². The van der Waals surface area contributed by atoms with Crippen LogP contribution >= 0.6 is 0 Å². The maximum Gasteiger partial charge on any atom is 0.166 e. The fourth-order valence-corrected chi connectivity index (χ4v) is 1.88. The Morgan fingerprint density at radius 3 is 2.22 bits per heavy atom. The average Bonchev–Trinajstić information content (AvgIpc) is 2.98. The summed E-state index contributed by atoms with van der Waals surface area (Å²) in [7, 11) is 0. The Bertz CT molecular complexity index is 510. The molecule has 0 atom stereocenters. The predicted octanol–water partition coefficient (Wildman–Crippen LogP) is 2.83. The van der Waals surface area contributed by atoms with Gasteiger partial charge in [-0.1, -0.05) is 6.92 Å². The molecule has 2 N–H and O–H groups in total. The minimum Gasteiger partial charge on any atom is -0.359 e. The van der Waals surface area contributed by atoms with Crippen molar-refractivity contribution in [2.45, 2.75) is 27.2 Å². The molecule has 2 aromatic rings. The molecule has 18 heavy (non-hydrogen) atoms. The quantitative estimate of drug-likeness (QED) is 0.818. The van der Waals surface area contributed by atoms with Crippen LogP contribution in [-0.2, 0) is 6.42 Å². The Morgan fingerprint density at radius 1 is 1.22 bits per heavy atom. The van der Waals surface area contributed by atoms with Gasteiger partial charge in [0.1, 0.15) is 0 Å². The third kappa shape index (κ3) is 3.20. The molecule has 0 saturated carbocycles. The smallest absolute Gasteiger partial charge is 0.166 e. The Morgan fingerprint density at radius 2 is 1.94 bits per heavy atom. The van der Waals surface area contributed by atoms with E-state index in [1.54, 1.807) is 18.3 Å². The van der Waals surface area contributed by atoms with Crippen molar-refractivity contribution < 1.29 is 9.59 Å². The fraction of sp³-hybridized carbons (Fsp3) is 0.286. The molecule has 2 heterocycles. The van der Waals surface area contributed by atoms with Crippen LogP contribution in [0.3, 0.4) is 0 Å². The van der Waals surface area contributed by atoms with Crippen LogP contribution in [0.5, 0.6) is 0 Å². The number of aromatic amines is 2. The van der Waals surface area contributed by atoms with E-state index in [2.05, 4.69) is 16.9 Å². The van der Waals surface area contributed by atoms with Gasteiger partial charge in [0, 0.05) is 11.9 Å². The van der Waals surface area contributed by atoms with E-state index in [1.165, 1.54) is 5.56 Å². The van der Waals surface area contributed by atoms with E-state index in [9.17, 15) is 9.59 Å². The average molecular weight is 246 g/mol. The number of aldehydes is 2. The summed E-state index contributed by atoms with van der Waals surface area (Å²) in [6.07, 6.45) is 4.35. The first kappa shape index (κ1) is 14.0. The van der Waals surface area contributed by atoms with Crippen molar-refractivity contribution in [2.24, 2.45) is 0 Å². The van der Waals surface area contributed by atoms with Crippen molar-refractivity contribution in [2.75, 3.05) is 0 Å². The molecule has 0 aliphatic rings. The molecule has 2 rings (SSSR count). The van der Waals surface area contributed by atoms with Crippen molar-refractivity contribution in [1.82, 2.24) is 9.97 Å². The zero-order valence-electron chi connectivity index (χ0n) is 10.9. The minimum absolute atomic E-state index is 0.625.